The zero-order valence-corrected chi connectivity index (χ0v) is 21.2. The van der Waals surface area contributed by atoms with Crippen molar-refractivity contribution in [3.8, 4) is 0 Å². The number of hydrogen-bond acceptors (Lipinski definition) is 4. The standard InChI is InChI=1S/C26H38N2O5S/c1-4-19-34(32,33)28(17-15-22(2)3)26(31,20-23-11-7-5-8-12-23)16-18-27(25(29)30)21-24-13-9-6-10-14-24/h5-14,22,31H,4,15-21H2,1-3H3,(H,29,30). The van der Waals surface area contributed by atoms with Crippen LogP contribution < -0.4 is 0 Å². The van der Waals surface area contributed by atoms with Gasteiger partial charge in [-0.2, -0.15) is 4.31 Å². The van der Waals surface area contributed by atoms with Crippen LogP contribution in [0.2, 0.25) is 0 Å². The van der Waals surface area contributed by atoms with E-state index in [1.165, 1.54) is 9.21 Å². The lowest BCUT2D eigenvalue weighted by Crippen LogP contribution is -2.56. The van der Waals surface area contributed by atoms with Crippen molar-refractivity contribution in [1.82, 2.24) is 9.21 Å². The van der Waals surface area contributed by atoms with Gasteiger partial charge in [0.25, 0.3) is 0 Å². The first-order chi connectivity index (χ1) is 16.1. The maximum absolute atomic E-state index is 13.3. The van der Waals surface area contributed by atoms with Crippen LogP contribution in [0.15, 0.2) is 60.7 Å². The fourth-order valence-electron chi connectivity index (χ4n) is 3.93. The number of rotatable bonds is 14. The summed E-state index contributed by atoms with van der Waals surface area (Å²) in [6.07, 6.45) is -0.0596. The van der Waals surface area contributed by atoms with Crippen molar-refractivity contribution in [2.75, 3.05) is 18.8 Å². The second-order valence-electron chi connectivity index (χ2n) is 9.16. The summed E-state index contributed by atoms with van der Waals surface area (Å²) in [6.45, 7) is 6.13. The first kappa shape index (κ1) is 27.8. The first-order valence-corrected chi connectivity index (χ1v) is 13.5. The van der Waals surface area contributed by atoms with Crippen LogP contribution in [-0.2, 0) is 23.0 Å². The van der Waals surface area contributed by atoms with Crippen LogP contribution in [0.4, 0.5) is 4.79 Å². The summed E-state index contributed by atoms with van der Waals surface area (Å²) >= 11 is 0. The smallest absolute Gasteiger partial charge is 0.407 e. The van der Waals surface area contributed by atoms with Gasteiger partial charge in [0.05, 0.1) is 5.75 Å². The van der Waals surface area contributed by atoms with Crippen molar-refractivity contribution in [2.24, 2.45) is 5.92 Å². The number of amides is 1. The lowest BCUT2D eigenvalue weighted by Gasteiger charge is -2.40. The quantitative estimate of drug-likeness (QED) is 0.378. The van der Waals surface area contributed by atoms with Gasteiger partial charge >= 0.3 is 6.09 Å². The Kier molecular flexibility index (Phi) is 10.5. The summed E-state index contributed by atoms with van der Waals surface area (Å²) in [5.74, 6) is 0.170. The van der Waals surface area contributed by atoms with Crippen LogP contribution in [0, 0.1) is 5.92 Å². The lowest BCUT2D eigenvalue weighted by atomic mass is 9.98. The largest absolute Gasteiger partial charge is 0.465 e. The third-order valence-corrected chi connectivity index (χ3v) is 7.89. The van der Waals surface area contributed by atoms with Crippen molar-refractivity contribution < 1.29 is 23.4 Å². The summed E-state index contributed by atoms with van der Waals surface area (Å²) < 4.78 is 27.8. The highest BCUT2D eigenvalue weighted by atomic mass is 32.2. The molecule has 0 aliphatic carbocycles. The second kappa shape index (κ2) is 12.9. The van der Waals surface area contributed by atoms with Gasteiger partial charge in [0.2, 0.25) is 10.0 Å². The van der Waals surface area contributed by atoms with Gasteiger partial charge in [0.1, 0.15) is 5.72 Å². The van der Waals surface area contributed by atoms with Gasteiger partial charge in [-0.15, -0.1) is 0 Å². The number of nitrogens with zero attached hydrogens (tertiary/aromatic N) is 2. The van der Waals surface area contributed by atoms with E-state index >= 15 is 0 Å². The predicted molar refractivity (Wildman–Crippen MR) is 135 cm³/mol. The molecule has 0 fully saturated rings. The number of carbonyl (C=O) groups is 1. The van der Waals surface area contributed by atoms with E-state index in [1.807, 2.05) is 74.5 Å². The zero-order chi connectivity index (χ0) is 25.2. The first-order valence-electron chi connectivity index (χ1n) is 11.9. The Morgan fingerprint density at radius 1 is 0.971 bits per heavy atom. The number of sulfonamides is 1. The van der Waals surface area contributed by atoms with E-state index in [4.69, 9.17) is 0 Å². The molecule has 1 amide bonds. The molecule has 1 atom stereocenters. The van der Waals surface area contributed by atoms with E-state index < -0.39 is 21.8 Å². The fraction of sp³-hybridized carbons (Fsp3) is 0.500. The van der Waals surface area contributed by atoms with E-state index in [2.05, 4.69) is 0 Å². The van der Waals surface area contributed by atoms with Crippen LogP contribution in [0.3, 0.4) is 0 Å². The molecule has 2 N–H and O–H groups in total. The average Bonchev–Trinajstić information content (AvgIpc) is 2.77. The van der Waals surface area contributed by atoms with Gasteiger partial charge in [0, 0.05) is 32.5 Å². The molecule has 0 saturated heterocycles. The topological polar surface area (TPSA) is 98.2 Å². The van der Waals surface area contributed by atoms with Gasteiger partial charge < -0.3 is 15.1 Å². The van der Waals surface area contributed by atoms with Gasteiger partial charge in [-0.1, -0.05) is 81.4 Å². The normalized spacial score (nSPS) is 13.7. The molecule has 7 nitrogen and oxygen atoms in total. The summed E-state index contributed by atoms with van der Waals surface area (Å²) in [6, 6.07) is 18.4. The molecule has 8 heteroatoms. The SMILES string of the molecule is CCCS(=O)(=O)N(CCC(C)C)C(O)(CCN(Cc1ccccc1)C(=O)O)Cc1ccccc1. The molecular weight excluding hydrogens is 452 g/mol. The molecule has 1 unspecified atom stereocenters. The molecule has 0 bridgehead atoms. The Labute approximate surface area is 204 Å². The average molecular weight is 491 g/mol. The monoisotopic (exact) mass is 490 g/mol. The maximum atomic E-state index is 13.3. The maximum Gasteiger partial charge on any atom is 0.407 e. The van der Waals surface area contributed by atoms with Crippen molar-refractivity contribution in [1.29, 1.82) is 0 Å². The van der Waals surface area contributed by atoms with E-state index in [0.717, 1.165) is 11.1 Å². The van der Waals surface area contributed by atoms with E-state index in [0.29, 0.717) is 12.8 Å². The van der Waals surface area contributed by atoms with Crippen LogP contribution >= 0.6 is 0 Å². The highest BCUT2D eigenvalue weighted by Gasteiger charge is 2.42. The minimum absolute atomic E-state index is 0.00656. The van der Waals surface area contributed by atoms with E-state index in [9.17, 15) is 23.4 Å². The van der Waals surface area contributed by atoms with Crippen molar-refractivity contribution in [3.63, 3.8) is 0 Å². The number of carboxylic acid groups (broad SMARTS) is 1. The van der Waals surface area contributed by atoms with Crippen molar-refractivity contribution >= 4 is 16.1 Å². The molecule has 0 aliphatic heterocycles. The summed E-state index contributed by atoms with van der Waals surface area (Å²) in [4.78, 5) is 13.2. The minimum Gasteiger partial charge on any atom is -0.465 e. The van der Waals surface area contributed by atoms with E-state index in [1.54, 1.807) is 6.92 Å². The molecule has 0 saturated carbocycles. The molecule has 0 aliphatic rings. The molecule has 34 heavy (non-hydrogen) atoms. The number of benzene rings is 2. The number of hydrogen-bond donors (Lipinski definition) is 2. The van der Waals surface area contributed by atoms with Gasteiger partial charge in [0.15, 0.2) is 0 Å². The van der Waals surface area contributed by atoms with Gasteiger partial charge in [-0.05, 0) is 29.9 Å². The summed E-state index contributed by atoms with van der Waals surface area (Å²) in [5, 5.41) is 21.7. The fourth-order valence-corrected chi connectivity index (χ4v) is 5.73. The second-order valence-corrected chi connectivity index (χ2v) is 11.2. The van der Waals surface area contributed by atoms with Crippen LogP contribution in [0.5, 0.6) is 0 Å². The number of aliphatic hydroxyl groups is 1. The van der Waals surface area contributed by atoms with Crippen molar-refractivity contribution in [3.05, 3.63) is 71.8 Å². The third-order valence-electron chi connectivity index (χ3n) is 5.77. The molecule has 2 aromatic rings. The minimum atomic E-state index is -3.76. The Bertz CT molecular complexity index is 983. The molecule has 0 spiro atoms. The molecule has 2 aromatic carbocycles. The summed E-state index contributed by atoms with van der Waals surface area (Å²) in [7, 11) is -3.76. The molecular formula is C26H38N2O5S. The Morgan fingerprint density at radius 3 is 2.03 bits per heavy atom. The third kappa shape index (κ3) is 8.42. The van der Waals surface area contributed by atoms with Crippen LogP contribution in [-0.4, -0.2) is 58.5 Å². The summed E-state index contributed by atoms with van der Waals surface area (Å²) in [5.41, 5.74) is -0.141. The van der Waals surface area contributed by atoms with Crippen LogP contribution in [0.25, 0.3) is 0 Å². The molecule has 2 rings (SSSR count). The van der Waals surface area contributed by atoms with Crippen molar-refractivity contribution in [2.45, 2.75) is 58.7 Å². The molecule has 188 valence electrons. The lowest BCUT2D eigenvalue weighted by molar-refractivity contribution is -0.0727. The van der Waals surface area contributed by atoms with Crippen LogP contribution in [0.1, 0.15) is 51.2 Å². The van der Waals surface area contributed by atoms with Gasteiger partial charge in [-0.3, -0.25) is 0 Å². The Hall–Kier alpha value is -2.42. The molecule has 0 radical (unpaired) electrons. The molecule has 0 aromatic heterocycles. The predicted octanol–water partition coefficient (Wildman–Crippen LogP) is 4.58. The Morgan fingerprint density at radius 2 is 1.53 bits per heavy atom. The highest BCUT2D eigenvalue weighted by molar-refractivity contribution is 7.89. The highest BCUT2D eigenvalue weighted by Crippen LogP contribution is 2.28. The van der Waals surface area contributed by atoms with Gasteiger partial charge in [-0.25, -0.2) is 13.2 Å². The molecule has 0 heterocycles. The zero-order valence-electron chi connectivity index (χ0n) is 20.4. The van der Waals surface area contributed by atoms with E-state index in [-0.39, 0.29) is 44.1 Å². The Balaban J connectivity index is 2.38.